The van der Waals surface area contributed by atoms with Gasteiger partial charge in [-0.2, -0.15) is 0 Å². The van der Waals surface area contributed by atoms with E-state index in [1.807, 2.05) is 0 Å². The van der Waals surface area contributed by atoms with Crippen molar-refractivity contribution in [3.63, 3.8) is 0 Å². The highest BCUT2D eigenvalue weighted by atomic mass is 32.1. The third-order valence-electron chi connectivity index (χ3n) is 2.55. The molecule has 0 radical (unpaired) electrons. The van der Waals surface area contributed by atoms with E-state index in [-0.39, 0.29) is 16.3 Å². The molecule has 0 bridgehead atoms. The summed E-state index contributed by atoms with van der Waals surface area (Å²) in [6.07, 6.45) is 2.66. The third kappa shape index (κ3) is 3.57. The highest BCUT2D eigenvalue weighted by Crippen LogP contribution is 2.23. The SMILES string of the molecule is O=C(/C=C/c1csc([N+](=O)[O-])c1)c1cccc([N+](=O)[O-])c1. The maximum atomic E-state index is 11.9. The Morgan fingerprint density at radius 3 is 2.52 bits per heavy atom. The molecule has 2 aromatic rings. The van der Waals surface area contributed by atoms with Crippen LogP contribution in [0.5, 0.6) is 0 Å². The highest BCUT2D eigenvalue weighted by molar-refractivity contribution is 7.13. The van der Waals surface area contributed by atoms with Crippen LogP contribution in [0.25, 0.3) is 6.08 Å². The summed E-state index contributed by atoms with van der Waals surface area (Å²) in [6, 6.07) is 6.72. The van der Waals surface area contributed by atoms with Gasteiger partial charge < -0.3 is 0 Å². The molecule has 1 heterocycles. The Bertz CT molecular complexity index is 751. The van der Waals surface area contributed by atoms with E-state index in [1.54, 1.807) is 5.38 Å². The summed E-state index contributed by atoms with van der Waals surface area (Å²) in [6.45, 7) is 0. The van der Waals surface area contributed by atoms with Crippen LogP contribution in [-0.2, 0) is 0 Å². The van der Waals surface area contributed by atoms with E-state index in [2.05, 4.69) is 0 Å². The van der Waals surface area contributed by atoms with E-state index in [4.69, 9.17) is 0 Å². The number of ketones is 1. The number of rotatable bonds is 5. The largest absolute Gasteiger partial charge is 0.324 e. The Balaban J connectivity index is 2.16. The molecule has 0 saturated heterocycles. The molecule has 0 aliphatic heterocycles. The zero-order chi connectivity index (χ0) is 15.4. The molecule has 0 spiro atoms. The van der Waals surface area contributed by atoms with E-state index < -0.39 is 15.6 Å². The molecule has 8 heteroatoms. The van der Waals surface area contributed by atoms with E-state index >= 15 is 0 Å². The number of carbonyl (C=O) groups is 1. The molecule has 0 saturated carbocycles. The topological polar surface area (TPSA) is 103 Å². The van der Waals surface area contributed by atoms with Crippen molar-refractivity contribution in [1.29, 1.82) is 0 Å². The van der Waals surface area contributed by atoms with E-state index in [0.29, 0.717) is 5.56 Å². The van der Waals surface area contributed by atoms with Crippen LogP contribution in [0, 0.1) is 20.2 Å². The maximum absolute atomic E-state index is 11.9. The van der Waals surface area contributed by atoms with Gasteiger partial charge in [0.25, 0.3) is 5.69 Å². The van der Waals surface area contributed by atoms with Crippen molar-refractivity contribution in [3.8, 4) is 0 Å². The van der Waals surface area contributed by atoms with Gasteiger partial charge in [0.1, 0.15) is 0 Å². The Morgan fingerprint density at radius 1 is 1.14 bits per heavy atom. The fourth-order valence-corrected chi connectivity index (χ4v) is 2.26. The number of nitro benzene ring substituents is 1. The fourth-order valence-electron chi connectivity index (χ4n) is 1.56. The molecule has 21 heavy (non-hydrogen) atoms. The van der Waals surface area contributed by atoms with Gasteiger partial charge in [-0.3, -0.25) is 25.0 Å². The average molecular weight is 304 g/mol. The van der Waals surface area contributed by atoms with Crippen LogP contribution in [0.2, 0.25) is 0 Å². The molecule has 0 fully saturated rings. The summed E-state index contributed by atoms with van der Waals surface area (Å²) in [5, 5.41) is 22.7. The summed E-state index contributed by atoms with van der Waals surface area (Å²) in [5.41, 5.74) is 0.552. The Labute approximate surface area is 122 Å². The van der Waals surface area contributed by atoms with Crippen molar-refractivity contribution in [3.05, 3.63) is 73.1 Å². The summed E-state index contributed by atoms with van der Waals surface area (Å²) in [5.74, 6) is -0.410. The van der Waals surface area contributed by atoms with Gasteiger partial charge in [-0.05, 0) is 17.7 Å². The summed E-state index contributed by atoms with van der Waals surface area (Å²) >= 11 is 0.961. The van der Waals surface area contributed by atoms with Crippen LogP contribution in [0.3, 0.4) is 0 Å². The number of hydrogen-bond donors (Lipinski definition) is 0. The normalized spacial score (nSPS) is 10.7. The lowest BCUT2D eigenvalue weighted by Gasteiger charge is -1.95. The fraction of sp³-hybridized carbons (Fsp3) is 0. The molecule has 0 aliphatic carbocycles. The van der Waals surface area contributed by atoms with Gasteiger partial charge in [0.05, 0.1) is 9.85 Å². The number of benzene rings is 1. The molecule has 2 rings (SSSR count). The predicted octanol–water partition coefficient (Wildman–Crippen LogP) is 3.46. The van der Waals surface area contributed by atoms with Crippen LogP contribution < -0.4 is 0 Å². The van der Waals surface area contributed by atoms with Crippen molar-refractivity contribution in [1.82, 2.24) is 0 Å². The van der Waals surface area contributed by atoms with Crippen LogP contribution in [0.15, 0.2) is 41.8 Å². The maximum Gasteiger partial charge on any atom is 0.324 e. The van der Waals surface area contributed by atoms with Gasteiger partial charge in [0.15, 0.2) is 5.78 Å². The number of thiophene rings is 1. The summed E-state index contributed by atoms with van der Waals surface area (Å²) in [4.78, 5) is 32.0. The Morgan fingerprint density at radius 2 is 1.90 bits per heavy atom. The summed E-state index contributed by atoms with van der Waals surface area (Å²) in [7, 11) is 0. The molecule has 0 N–H and O–H groups in total. The Kier molecular flexibility index (Phi) is 4.19. The van der Waals surface area contributed by atoms with E-state index in [0.717, 1.165) is 11.3 Å². The molecule has 0 aliphatic rings. The first-order chi connectivity index (χ1) is 9.97. The first-order valence-corrected chi connectivity index (χ1v) is 6.55. The summed E-state index contributed by atoms with van der Waals surface area (Å²) < 4.78 is 0. The van der Waals surface area contributed by atoms with Gasteiger partial charge >= 0.3 is 5.00 Å². The molecule has 1 aromatic heterocycles. The molecule has 1 aromatic carbocycles. The standard InChI is InChI=1S/C13H8N2O5S/c16-12(10-2-1-3-11(7-10)14(17)18)5-4-9-6-13(15(19)20)21-8-9/h1-8H/b5-4+. The van der Waals surface area contributed by atoms with Crippen molar-refractivity contribution in [2.75, 3.05) is 0 Å². The van der Waals surface area contributed by atoms with Crippen LogP contribution in [0.1, 0.15) is 15.9 Å². The van der Waals surface area contributed by atoms with Crippen LogP contribution in [-0.4, -0.2) is 15.6 Å². The lowest BCUT2D eigenvalue weighted by atomic mass is 10.1. The first-order valence-electron chi connectivity index (χ1n) is 5.67. The number of nitro groups is 2. The smallest absolute Gasteiger partial charge is 0.289 e. The second-order valence-corrected chi connectivity index (χ2v) is 4.87. The lowest BCUT2D eigenvalue weighted by Crippen LogP contribution is -1.96. The number of nitrogens with zero attached hydrogens (tertiary/aromatic N) is 2. The second kappa shape index (κ2) is 6.06. The third-order valence-corrected chi connectivity index (χ3v) is 3.45. The van der Waals surface area contributed by atoms with Crippen LogP contribution >= 0.6 is 11.3 Å². The molecule has 0 atom stereocenters. The minimum absolute atomic E-state index is 0.0163. The van der Waals surface area contributed by atoms with Crippen molar-refractivity contribution < 1.29 is 14.6 Å². The molecule has 0 amide bonds. The zero-order valence-electron chi connectivity index (χ0n) is 10.5. The Hall–Kier alpha value is -2.87. The number of allylic oxidation sites excluding steroid dienone is 1. The minimum Gasteiger partial charge on any atom is -0.289 e. The lowest BCUT2D eigenvalue weighted by molar-refractivity contribution is -0.384. The minimum atomic E-state index is -0.581. The number of hydrogen-bond acceptors (Lipinski definition) is 6. The average Bonchev–Trinajstić information content (AvgIpc) is 2.94. The van der Waals surface area contributed by atoms with Gasteiger partial charge in [0, 0.05) is 29.1 Å². The van der Waals surface area contributed by atoms with Gasteiger partial charge in [-0.25, -0.2) is 0 Å². The van der Waals surface area contributed by atoms with Crippen molar-refractivity contribution in [2.24, 2.45) is 0 Å². The van der Waals surface area contributed by atoms with Crippen molar-refractivity contribution in [2.45, 2.75) is 0 Å². The van der Waals surface area contributed by atoms with Crippen LogP contribution in [0.4, 0.5) is 10.7 Å². The van der Waals surface area contributed by atoms with Gasteiger partial charge in [0.2, 0.25) is 0 Å². The number of carbonyl (C=O) groups excluding carboxylic acids is 1. The second-order valence-electron chi connectivity index (χ2n) is 3.98. The van der Waals surface area contributed by atoms with Crippen molar-refractivity contribution >= 4 is 33.9 Å². The predicted molar refractivity (Wildman–Crippen MR) is 77.4 cm³/mol. The monoisotopic (exact) mass is 304 g/mol. The van der Waals surface area contributed by atoms with Gasteiger partial charge in [-0.1, -0.05) is 23.5 Å². The highest BCUT2D eigenvalue weighted by Gasteiger charge is 2.10. The van der Waals surface area contributed by atoms with E-state index in [1.165, 1.54) is 42.5 Å². The molecular weight excluding hydrogens is 296 g/mol. The molecule has 106 valence electrons. The first kappa shape index (κ1) is 14.5. The molecular formula is C13H8N2O5S. The molecule has 0 unspecified atom stereocenters. The quantitative estimate of drug-likeness (QED) is 0.364. The van der Waals surface area contributed by atoms with E-state index in [9.17, 15) is 25.0 Å². The molecule has 7 nitrogen and oxygen atoms in total. The van der Waals surface area contributed by atoms with Gasteiger partial charge in [-0.15, -0.1) is 0 Å². The zero-order valence-corrected chi connectivity index (χ0v) is 11.3. The number of non-ortho nitro benzene ring substituents is 1.